The largest absolute Gasteiger partial charge is 0.331 e. The molecule has 3 aromatic heterocycles. The van der Waals surface area contributed by atoms with E-state index in [1.807, 2.05) is 55.3 Å². The number of pyridine rings is 2. The second-order valence-electron chi connectivity index (χ2n) is 6.16. The molecule has 0 aliphatic carbocycles. The third kappa shape index (κ3) is 2.78. The monoisotopic (exact) mass is 350 g/mol. The Labute approximate surface area is 150 Å². The van der Waals surface area contributed by atoms with Gasteiger partial charge in [0.2, 0.25) is 0 Å². The minimum absolute atomic E-state index is 0.0515. The summed E-state index contributed by atoms with van der Waals surface area (Å²) in [6.07, 6.45) is 5.30. The Morgan fingerprint density at radius 1 is 1.24 bits per heavy atom. The highest BCUT2D eigenvalue weighted by atomic mass is 32.1. The quantitative estimate of drug-likeness (QED) is 0.689. The summed E-state index contributed by atoms with van der Waals surface area (Å²) in [5.41, 5.74) is 3.21. The molecular formula is C19H18N4OS. The number of rotatable bonds is 3. The number of carbonyl (C=O) groups excluding carboxylic acids is 1. The van der Waals surface area contributed by atoms with E-state index >= 15 is 0 Å². The van der Waals surface area contributed by atoms with Gasteiger partial charge in [-0.2, -0.15) is 0 Å². The van der Waals surface area contributed by atoms with E-state index in [0.717, 1.165) is 27.5 Å². The molecule has 0 saturated carbocycles. The van der Waals surface area contributed by atoms with Crippen LogP contribution in [-0.4, -0.2) is 20.9 Å². The Balaban J connectivity index is 1.78. The first kappa shape index (κ1) is 15.8. The molecule has 1 aliphatic rings. The number of carbonyl (C=O) groups is 1. The summed E-state index contributed by atoms with van der Waals surface area (Å²) in [6.45, 7) is 4.61. The smallest absolute Gasteiger partial charge is 0.313 e. The molecular weight excluding hydrogens is 332 g/mol. The second kappa shape index (κ2) is 6.29. The van der Waals surface area contributed by atoms with Gasteiger partial charge in [-0.1, -0.05) is 12.1 Å². The van der Waals surface area contributed by atoms with E-state index in [-0.39, 0.29) is 12.1 Å². The number of aromatic nitrogens is 2. The fourth-order valence-electron chi connectivity index (χ4n) is 3.06. The van der Waals surface area contributed by atoms with Gasteiger partial charge in [-0.25, -0.2) is 14.7 Å². The van der Waals surface area contributed by atoms with Crippen molar-refractivity contribution in [2.45, 2.75) is 26.4 Å². The molecule has 6 heteroatoms. The van der Waals surface area contributed by atoms with Crippen molar-refractivity contribution in [3.63, 3.8) is 0 Å². The molecule has 4 rings (SSSR count). The minimum atomic E-state index is -0.0712. The Hall–Kier alpha value is -2.73. The molecule has 0 spiro atoms. The van der Waals surface area contributed by atoms with Gasteiger partial charge in [-0.15, -0.1) is 11.3 Å². The van der Waals surface area contributed by atoms with Crippen LogP contribution >= 0.6 is 11.3 Å². The zero-order valence-corrected chi connectivity index (χ0v) is 14.9. The van der Waals surface area contributed by atoms with E-state index in [9.17, 15) is 4.79 Å². The highest BCUT2D eigenvalue weighted by Gasteiger charge is 2.35. The molecule has 0 aromatic carbocycles. The average Bonchev–Trinajstić information content (AvgIpc) is 3.07. The molecule has 0 bridgehead atoms. The van der Waals surface area contributed by atoms with Gasteiger partial charge in [0.25, 0.3) is 0 Å². The van der Waals surface area contributed by atoms with Gasteiger partial charge >= 0.3 is 6.03 Å². The van der Waals surface area contributed by atoms with Crippen molar-refractivity contribution in [2.75, 3.05) is 4.90 Å². The van der Waals surface area contributed by atoms with E-state index < -0.39 is 0 Å². The molecule has 0 N–H and O–H groups in total. The Kier molecular flexibility index (Phi) is 3.97. The van der Waals surface area contributed by atoms with Crippen molar-refractivity contribution < 1.29 is 4.79 Å². The molecule has 0 saturated heterocycles. The lowest BCUT2D eigenvalue weighted by Crippen LogP contribution is -2.46. The number of nitrogens with zero attached hydrogens (tertiary/aromatic N) is 4. The van der Waals surface area contributed by atoms with E-state index in [0.29, 0.717) is 6.54 Å². The fourth-order valence-corrected chi connectivity index (χ4v) is 3.96. The maximum absolute atomic E-state index is 13.3. The number of hydrogen-bond donors (Lipinski definition) is 0. The molecule has 1 unspecified atom stereocenters. The first-order chi connectivity index (χ1) is 12.1. The summed E-state index contributed by atoms with van der Waals surface area (Å²) >= 11 is 1.56. The van der Waals surface area contributed by atoms with Crippen LogP contribution in [0.4, 0.5) is 15.6 Å². The number of aryl methyl sites for hydroxylation is 1. The van der Waals surface area contributed by atoms with Crippen LogP contribution in [0.5, 0.6) is 0 Å². The van der Waals surface area contributed by atoms with Crippen LogP contribution in [0.25, 0.3) is 0 Å². The highest BCUT2D eigenvalue weighted by Crippen LogP contribution is 2.39. The van der Waals surface area contributed by atoms with Crippen molar-refractivity contribution in [2.24, 2.45) is 0 Å². The average molecular weight is 350 g/mol. The predicted molar refractivity (Wildman–Crippen MR) is 99.0 cm³/mol. The Morgan fingerprint density at radius 3 is 2.80 bits per heavy atom. The van der Waals surface area contributed by atoms with E-state index in [1.165, 1.54) is 0 Å². The number of thiophene rings is 1. The lowest BCUT2D eigenvalue weighted by molar-refractivity contribution is 0.180. The van der Waals surface area contributed by atoms with Crippen LogP contribution in [0.2, 0.25) is 0 Å². The number of fused-ring (bicyclic) bond motifs is 1. The van der Waals surface area contributed by atoms with Crippen molar-refractivity contribution in [1.29, 1.82) is 0 Å². The first-order valence-corrected chi connectivity index (χ1v) is 9.03. The maximum Gasteiger partial charge on any atom is 0.331 e. The molecule has 1 atom stereocenters. The number of anilines is 2. The third-order valence-corrected chi connectivity index (χ3v) is 5.46. The van der Waals surface area contributed by atoms with Crippen molar-refractivity contribution in [1.82, 2.24) is 14.9 Å². The van der Waals surface area contributed by atoms with Gasteiger partial charge in [-0.05, 0) is 48.6 Å². The highest BCUT2D eigenvalue weighted by molar-refractivity contribution is 7.14. The molecule has 126 valence electrons. The molecule has 3 aromatic rings. The van der Waals surface area contributed by atoms with Gasteiger partial charge in [0, 0.05) is 24.2 Å². The lowest BCUT2D eigenvalue weighted by Gasteiger charge is -2.38. The predicted octanol–water partition coefficient (Wildman–Crippen LogP) is 4.68. The summed E-state index contributed by atoms with van der Waals surface area (Å²) in [4.78, 5) is 25.6. The van der Waals surface area contributed by atoms with Gasteiger partial charge in [0.05, 0.1) is 12.6 Å². The summed E-state index contributed by atoms with van der Waals surface area (Å²) in [5, 5.41) is 2.94. The van der Waals surface area contributed by atoms with Crippen LogP contribution in [0.1, 0.15) is 29.7 Å². The van der Waals surface area contributed by atoms with Crippen LogP contribution in [0.3, 0.4) is 0 Å². The van der Waals surface area contributed by atoms with Crippen LogP contribution < -0.4 is 4.90 Å². The van der Waals surface area contributed by atoms with Crippen molar-refractivity contribution >= 4 is 28.2 Å². The van der Waals surface area contributed by atoms with Crippen LogP contribution in [0.15, 0.2) is 54.3 Å². The second-order valence-corrected chi connectivity index (χ2v) is 7.05. The van der Waals surface area contributed by atoms with Gasteiger partial charge in [0.15, 0.2) is 0 Å². The molecule has 1 aliphatic heterocycles. The van der Waals surface area contributed by atoms with Crippen molar-refractivity contribution in [3.8, 4) is 0 Å². The van der Waals surface area contributed by atoms with E-state index in [2.05, 4.69) is 15.3 Å². The summed E-state index contributed by atoms with van der Waals surface area (Å²) in [7, 11) is 0. The third-order valence-electron chi connectivity index (χ3n) is 4.43. The standard InChI is InChI=1S/C19H18N4OS/c1-13-9-17(25-12-13)23-18-16(6-4-8-21-18)11-22(19(23)24)14(2)15-5-3-7-20-10-15/h3-10,12,14H,11H2,1-2H3. The summed E-state index contributed by atoms with van der Waals surface area (Å²) < 4.78 is 0. The zero-order chi connectivity index (χ0) is 17.4. The number of urea groups is 1. The first-order valence-electron chi connectivity index (χ1n) is 8.15. The van der Waals surface area contributed by atoms with Gasteiger partial charge in [0.1, 0.15) is 10.8 Å². The molecule has 5 nitrogen and oxygen atoms in total. The van der Waals surface area contributed by atoms with Gasteiger partial charge in [-0.3, -0.25) is 4.98 Å². The SMILES string of the molecule is Cc1csc(N2C(=O)N(C(C)c3cccnc3)Cc3cccnc32)c1. The maximum atomic E-state index is 13.3. The number of amides is 2. The topological polar surface area (TPSA) is 49.3 Å². The normalized spacial score (nSPS) is 15.2. The van der Waals surface area contributed by atoms with E-state index in [4.69, 9.17) is 0 Å². The molecule has 4 heterocycles. The van der Waals surface area contributed by atoms with Crippen LogP contribution in [0, 0.1) is 6.92 Å². The Bertz CT molecular complexity index is 909. The Morgan fingerprint density at radius 2 is 2.08 bits per heavy atom. The minimum Gasteiger partial charge on any atom is -0.313 e. The summed E-state index contributed by atoms with van der Waals surface area (Å²) in [6, 6.07) is 9.76. The molecule has 0 radical (unpaired) electrons. The zero-order valence-electron chi connectivity index (χ0n) is 14.1. The lowest BCUT2D eigenvalue weighted by atomic mass is 10.1. The van der Waals surface area contributed by atoms with Crippen LogP contribution in [-0.2, 0) is 6.54 Å². The molecule has 2 amide bonds. The van der Waals surface area contributed by atoms with Crippen molar-refractivity contribution in [3.05, 3.63) is 71.0 Å². The number of hydrogen-bond acceptors (Lipinski definition) is 4. The molecule has 25 heavy (non-hydrogen) atoms. The van der Waals surface area contributed by atoms with E-state index in [1.54, 1.807) is 28.6 Å². The fraction of sp³-hybridized carbons (Fsp3) is 0.211. The molecule has 0 fully saturated rings. The van der Waals surface area contributed by atoms with Gasteiger partial charge < -0.3 is 4.90 Å². The summed E-state index contributed by atoms with van der Waals surface area (Å²) in [5.74, 6) is 0.726.